The molecule has 7 nitrogen and oxygen atoms in total. The van der Waals surface area contributed by atoms with Crippen molar-refractivity contribution in [2.45, 2.75) is 58.2 Å². The van der Waals surface area contributed by atoms with Crippen LogP contribution >= 0.6 is 0 Å². The van der Waals surface area contributed by atoms with E-state index in [9.17, 15) is 9.59 Å². The highest BCUT2D eigenvalue weighted by atomic mass is 16.6. The van der Waals surface area contributed by atoms with Gasteiger partial charge in [-0.05, 0) is 57.7 Å². The summed E-state index contributed by atoms with van der Waals surface area (Å²) in [5.41, 5.74) is 1.32. The Morgan fingerprint density at radius 1 is 1.17 bits per heavy atom. The van der Waals surface area contributed by atoms with Crippen molar-refractivity contribution in [3.63, 3.8) is 0 Å². The number of nitrogens with zero attached hydrogens (tertiary/aromatic N) is 2. The third kappa shape index (κ3) is 6.71. The number of nitrogens with one attached hydrogen (secondary N) is 1. The SMILES string of the molecule is CC(C)(C)OC(=O)NCC1CCCCN1C(=O)c1cccc(CN2CCOCC2)c1. The van der Waals surface area contributed by atoms with Gasteiger partial charge in [0.05, 0.1) is 13.2 Å². The molecule has 0 radical (unpaired) electrons. The van der Waals surface area contributed by atoms with E-state index in [-0.39, 0.29) is 11.9 Å². The lowest BCUT2D eigenvalue weighted by molar-refractivity contribution is 0.0341. The lowest BCUT2D eigenvalue weighted by atomic mass is 10.00. The quantitative estimate of drug-likeness (QED) is 0.797. The molecule has 2 heterocycles. The Bertz CT molecular complexity index is 725. The van der Waals surface area contributed by atoms with Crippen LogP contribution in [0.15, 0.2) is 24.3 Å². The molecule has 166 valence electrons. The molecule has 2 saturated heterocycles. The molecule has 2 amide bonds. The van der Waals surface area contributed by atoms with Gasteiger partial charge in [-0.15, -0.1) is 0 Å². The Morgan fingerprint density at radius 3 is 2.67 bits per heavy atom. The second-order valence-electron chi connectivity index (χ2n) is 9.12. The first kappa shape index (κ1) is 22.6. The van der Waals surface area contributed by atoms with E-state index in [0.717, 1.165) is 57.7 Å². The van der Waals surface area contributed by atoms with Crippen molar-refractivity contribution in [2.75, 3.05) is 39.4 Å². The van der Waals surface area contributed by atoms with Crippen LogP contribution in [0.4, 0.5) is 4.79 Å². The number of ether oxygens (including phenoxy) is 2. The number of amides is 2. The largest absolute Gasteiger partial charge is 0.444 e. The number of carbonyl (C=O) groups excluding carboxylic acids is 2. The number of hydrogen-bond acceptors (Lipinski definition) is 5. The molecule has 2 aliphatic rings. The van der Waals surface area contributed by atoms with Crippen LogP contribution in [0.5, 0.6) is 0 Å². The van der Waals surface area contributed by atoms with Crippen LogP contribution in [-0.4, -0.2) is 72.8 Å². The molecule has 2 fully saturated rings. The number of carbonyl (C=O) groups is 2. The zero-order valence-corrected chi connectivity index (χ0v) is 18.5. The van der Waals surface area contributed by atoms with Gasteiger partial charge < -0.3 is 19.7 Å². The molecule has 7 heteroatoms. The van der Waals surface area contributed by atoms with Crippen molar-refractivity contribution in [3.8, 4) is 0 Å². The van der Waals surface area contributed by atoms with E-state index < -0.39 is 11.7 Å². The van der Waals surface area contributed by atoms with Gasteiger partial charge in [0.1, 0.15) is 5.60 Å². The van der Waals surface area contributed by atoms with Crippen LogP contribution in [0.3, 0.4) is 0 Å². The molecule has 0 aliphatic carbocycles. The highest BCUT2D eigenvalue weighted by molar-refractivity contribution is 5.94. The minimum Gasteiger partial charge on any atom is -0.444 e. The van der Waals surface area contributed by atoms with Crippen molar-refractivity contribution < 1.29 is 19.1 Å². The molecule has 0 bridgehead atoms. The zero-order valence-electron chi connectivity index (χ0n) is 18.5. The monoisotopic (exact) mass is 417 g/mol. The van der Waals surface area contributed by atoms with E-state index in [1.165, 1.54) is 0 Å². The molecule has 0 aromatic heterocycles. The van der Waals surface area contributed by atoms with Gasteiger partial charge >= 0.3 is 6.09 Å². The summed E-state index contributed by atoms with van der Waals surface area (Å²) in [4.78, 5) is 29.6. The van der Waals surface area contributed by atoms with E-state index >= 15 is 0 Å². The number of hydrogen-bond donors (Lipinski definition) is 1. The first-order valence-corrected chi connectivity index (χ1v) is 11.0. The van der Waals surface area contributed by atoms with Gasteiger partial charge in [-0.2, -0.15) is 0 Å². The summed E-state index contributed by atoms with van der Waals surface area (Å²) in [5.74, 6) is 0.0366. The third-order valence-electron chi connectivity index (χ3n) is 5.45. The van der Waals surface area contributed by atoms with Crippen LogP contribution in [0.2, 0.25) is 0 Å². The van der Waals surface area contributed by atoms with Gasteiger partial charge in [-0.1, -0.05) is 12.1 Å². The number of benzene rings is 1. The summed E-state index contributed by atoms with van der Waals surface area (Å²) in [5, 5.41) is 2.84. The van der Waals surface area contributed by atoms with E-state index in [2.05, 4.69) is 16.3 Å². The highest BCUT2D eigenvalue weighted by Gasteiger charge is 2.28. The third-order valence-corrected chi connectivity index (χ3v) is 5.45. The Kier molecular flexibility index (Phi) is 7.72. The smallest absolute Gasteiger partial charge is 0.407 e. The topological polar surface area (TPSA) is 71.1 Å². The molecule has 30 heavy (non-hydrogen) atoms. The van der Waals surface area contributed by atoms with Crippen molar-refractivity contribution in [2.24, 2.45) is 0 Å². The van der Waals surface area contributed by atoms with E-state index in [1.54, 1.807) is 0 Å². The number of morpholine rings is 1. The summed E-state index contributed by atoms with van der Waals surface area (Å²) in [6.07, 6.45) is 2.49. The van der Waals surface area contributed by atoms with Crippen molar-refractivity contribution >= 4 is 12.0 Å². The van der Waals surface area contributed by atoms with Crippen molar-refractivity contribution in [1.29, 1.82) is 0 Å². The normalized spacial score (nSPS) is 20.6. The predicted octanol–water partition coefficient (Wildman–Crippen LogP) is 3.04. The number of rotatable bonds is 5. The Morgan fingerprint density at radius 2 is 1.93 bits per heavy atom. The average Bonchev–Trinajstić information content (AvgIpc) is 2.72. The fraction of sp³-hybridized carbons (Fsp3) is 0.652. The minimum absolute atomic E-state index is 0.0123. The maximum absolute atomic E-state index is 13.3. The number of alkyl carbamates (subject to hydrolysis) is 1. The molecule has 1 unspecified atom stereocenters. The lowest BCUT2D eigenvalue weighted by Gasteiger charge is -2.36. The van der Waals surface area contributed by atoms with Gasteiger partial charge in [0.2, 0.25) is 0 Å². The predicted molar refractivity (Wildman–Crippen MR) is 115 cm³/mol. The average molecular weight is 418 g/mol. The van der Waals surface area contributed by atoms with E-state index in [0.29, 0.717) is 18.7 Å². The molecular formula is C23H35N3O4. The van der Waals surface area contributed by atoms with Crippen molar-refractivity contribution in [3.05, 3.63) is 35.4 Å². The molecule has 1 aromatic carbocycles. The Labute approximate surface area is 179 Å². The molecule has 1 atom stereocenters. The first-order chi connectivity index (χ1) is 14.3. The summed E-state index contributed by atoms with van der Waals surface area (Å²) in [6.45, 7) is 10.8. The van der Waals surface area contributed by atoms with E-state index in [4.69, 9.17) is 9.47 Å². The second kappa shape index (κ2) is 10.3. The summed E-state index contributed by atoms with van der Waals surface area (Å²) >= 11 is 0. The van der Waals surface area contributed by atoms with E-state index in [1.807, 2.05) is 43.9 Å². The molecule has 3 rings (SSSR count). The maximum Gasteiger partial charge on any atom is 0.407 e. The van der Waals surface area contributed by atoms with Crippen molar-refractivity contribution in [1.82, 2.24) is 15.1 Å². The fourth-order valence-electron chi connectivity index (χ4n) is 3.98. The van der Waals surface area contributed by atoms with Crippen LogP contribution < -0.4 is 5.32 Å². The molecule has 0 saturated carbocycles. The molecular weight excluding hydrogens is 382 g/mol. The standard InChI is InChI=1S/C23H35N3O4/c1-23(2,3)30-22(28)24-16-20-9-4-5-10-26(20)21(27)19-8-6-7-18(15-19)17-25-11-13-29-14-12-25/h6-8,15,20H,4-5,9-14,16-17H2,1-3H3,(H,24,28). The Balaban J connectivity index is 1.61. The Hall–Kier alpha value is -2.12. The first-order valence-electron chi connectivity index (χ1n) is 11.0. The fourth-order valence-corrected chi connectivity index (χ4v) is 3.98. The van der Waals surface area contributed by atoms with Gasteiger partial charge in [-0.3, -0.25) is 9.69 Å². The molecule has 2 aliphatic heterocycles. The van der Waals surface area contributed by atoms with Crippen LogP contribution in [-0.2, 0) is 16.0 Å². The zero-order chi connectivity index (χ0) is 21.6. The van der Waals surface area contributed by atoms with Gasteiger partial charge in [0, 0.05) is 44.3 Å². The van der Waals surface area contributed by atoms with Crippen LogP contribution in [0, 0.1) is 0 Å². The van der Waals surface area contributed by atoms with Crippen LogP contribution in [0.1, 0.15) is 56.0 Å². The van der Waals surface area contributed by atoms with Gasteiger partial charge in [0.25, 0.3) is 5.91 Å². The number of piperidine rings is 1. The molecule has 0 spiro atoms. The lowest BCUT2D eigenvalue weighted by Crippen LogP contribution is -2.50. The second-order valence-corrected chi connectivity index (χ2v) is 9.12. The maximum atomic E-state index is 13.3. The summed E-state index contributed by atoms with van der Waals surface area (Å²) in [7, 11) is 0. The summed E-state index contributed by atoms with van der Waals surface area (Å²) in [6, 6.07) is 7.91. The van der Waals surface area contributed by atoms with Gasteiger partial charge in [-0.25, -0.2) is 4.79 Å². The minimum atomic E-state index is -0.535. The number of likely N-dealkylation sites (tertiary alicyclic amines) is 1. The van der Waals surface area contributed by atoms with Gasteiger partial charge in [0.15, 0.2) is 0 Å². The van der Waals surface area contributed by atoms with Crippen LogP contribution in [0.25, 0.3) is 0 Å². The molecule has 1 N–H and O–H groups in total. The summed E-state index contributed by atoms with van der Waals surface area (Å²) < 4.78 is 10.7. The molecule has 1 aromatic rings. The highest BCUT2D eigenvalue weighted by Crippen LogP contribution is 2.21.